The van der Waals surface area contributed by atoms with Crippen molar-refractivity contribution in [1.29, 1.82) is 0 Å². The number of urea groups is 1. The van der Waals surface area contributed by atoms with Crippen LogP contribution in [0.25, 0.3) is 10.9 Å². The van der Waals surface area contributed by atoms with E-state index >= 15 is 0 Å². The number of nitrogens with zero attached hydrogens (tertiary/aromatic N) is 3. The van der Waals surface area contributed by atoms with Gasteiger partial charge in [0.25, 0.3) is 5.91 Å². The number of piperidine rings is 1. The summed E-state index contributed by atoms with van der Waals surface area (Å²) in [7, 11) is 1.62. The second-order valence-electron chi connectivity index (χ2n) is 8.38. The highest BCUT2D eigenvalue weighted by Crippen LogP contribution is 2.23. The summed E-state index contributed by atoms with van der Waals surface area (Å²) in [5.41, 5.74) is 1.15. The number of anilines is 1. The minimum atomic E-state index is -0.214. The highest BCUT2D eigenvalue weighted by Gasteiger charge is 2.25. The molecular weight excluding hydrogens is 396 g/mol. The third kappa shape index (κ3) is 5.04. The van der Waals surface area contributed by atoms with Gasteiger partial charge in [0, 0.05) is 43.8 Å². The number of aromatic nitrogens is 2. The first-order valence-corrected chi connectivity index (χ1v) is 11.0. The topological polar surface area (TPSA) is 119 Å². The third-order valence-corrected chi connectivity index (χ3v) is 6.22. The molecular formula is C22H30N6O3. The molecule has 1 aliphatic carbocycles. The van der Waals surface area contributed by atoms with Crippen molar-refractivity contribution in [1.82, 2.24) is 25.5 Å². The summed E-state index contributed by atoms with van der Waals surface area (Å²) in [4.78, 5) is 35.6. The summed E-state index contributed by atoms with van der Waals surface area (Å²) in [6, 6.07) is 5.69. The van der Waals surface area contributed by atoms with Crippen LogP contribution in [-0.4, -0.2) is 70.2 Å². The Hall–Kier alpha value is -2.94. The number of hydrogen-bond donors (Lipinski definition) is 4. The number of benzene rings is 1. The molecule has 166 valence electrons. The first-order valence-electron chi connectivity index (χ1n) is 11.0. The summed E-state index contributed by atoms with van der Waals surface area (Å²) in [5.74, 6) is 0.349. The van der Waals surface area contributed by atoms with Gasteiger partial charge in [0.05, 0.1) is 17.2 Å². The fraction of sp³-hybridized carbons (Fsp3) is 0.545. The Bertz CT molecular complexity index is 936. The zero-order chi connectivity index (χ0) is 21.8. The number of carbonyl (C=O) groups excluding carboxylic acids is 2. The average Bonchev–Trinajstić information content (AvgIpc) is 2.80. The molecule has 3 amide bonds. The first kappa shape index (κ1) is 21.3. The lowest BCUT2D eigenvalue weighted by atomic mass is 9.93. The summed E-state index contributed by atoms with van der Waals surface area (Å²) in [5, 5.41) is 19.6. The van der Waals surface area contributed by atoms with Gasteiger partial charge in [-0.2, -0.15) is 0 Å². The van der Waals surface area contributed by atoms with E-state index in [4.69, 9.17) is 0 Å². The number of carbonyl (C=O) groups is 2. The highest BCUT2D eigenvalue weighted by molar-refractivity contribution is 6.05. The molecule has 2 aromatic rings. The number of likely N-dealkylation sites (tertiary alicyclic amines) is 1. The Kier molecular flexibility index (Phi) is 6.50. The molecule has 1 aliphatic heterocycles. The van der Waals surface area contributed by atoms with Crippen LogP contribution in [0, 0.1) is 0 Å². The van der Waals surface area contributed by atoms with Crippen molar-refractivity contribution in [3.8, 4) is 0 Å². The quantitative estimate of drug-likeness (QED) is 0.593. The monoisotopic (exact) mass is 426 g/mol. The minimum Gasteiger partial charge on any atom is -0.393 e. The zero-order valence-corrected chi connectivity index (χ0v) is 17.8. The number of hydrogen-bond acceptors (Lipinski definition) is 6. The Morgan fingerprint density at radius 3 is 2.52 bits per heavy atom. The molecule has 31 heavy (non-hydrogen) atoms. The smallest absolute Gasteiger partial charge is 0.317 e. The first-order chi connectivity index (χ1) is 15.0. The molecule has 0 bridgehead atoms. The van der Waals surface area contributed by atoms with Crippen LogP contribution in [0.5, 0.6) is 0 Å². The van der Waals surface area contributed by atoms with Crippen LogP contribution in [0.15, 0.2) is 24.4 Å². The summed E-state index contributed by atoms with van der Waals surface area (Å²) in [6.45, 7) is 1.24. The number of nitrogens with one attached hydrogen (secondary N) is 3. The van der Waals surface area contributed by atoms with Crippen molar-refractivity contribution in [2.75, 3.05) is 25.5 Å². The van der Waals surface area contributed by atoms with E-state index in [0.29, 0.717) is 30.1 Å². The van der Waals surface area contributed by atoms with Gasteiger partial charge in [0.1, 0.15) is 0 Å². The van der Waals surface area contributed by atoms with E-state index < -0.39 is 0 Å². The van der Waals surface area contributed by atoms with E-state index in [0.717, 1.165) is 43.9 Å². The third-order valence-electron chi connectivity index (χ3n) is 6.22. The molecule has 2 heterocycles. The van der Waals surface area contributed by atoms with Crippen LogP contribution in [0.2, 0.25) is 0 Å². The molecule has 0 atom stereocenters. The fourth-order valence-electron chi connectivity index (χ4n) is 4.36. The van der Waals surface area contributed by atoms with Gasteiger partial charge in [-0.3, -0.25) is 4.79 Å². The second kappa shape index (κ2) is 9.47. The lowest BCUT2D eigenvalue weighted by Crippen LogP contribution is -2.48. The van der Waals surface area contributed by atoms with E-state index in [1.165, 1.54) is 0 Å². The summed E-state index contributed by atoms with van der Waals surface area (Å²) in [6.07, 6.45) is 6.27. The van der Waals surface area contributed by atoms with Crippen LogP contribution < -0.4 is 16.0 Å². The second-order valence-corrected chi connectivity index (χ2v) is 8.38. The molecule has 0 radical (unpaired) electrons. The van der Waals surface area contributed by atoms with Gasteiger partial charge in [-0.25, -0.2) is 14.8 Å². The largest absolute Gasteiger partial charge is 0.393 e. The van der Waals surface area contributed by atoms with Gasteiger partial charge >= 0.3 is 6.03 Å². The Labute approximate surface area is 181 Å². The van der Waals surface area contributed by atoms with Crippen molar-refractivity contribution in [3.63, 3.8) is 0 Å². The molecule has 1 aromatic carbocycles. The SMILES string of the molecule is CNC(=O)N1CCC(NC(=O)c2cccc3cnc(NC4CCC(O)CC4)nc23)CC1. The Morgan fingerprint density at radius 1 is 1.06 bits per heavy atom. The van der Waals surface area contributed by atoms with E-state index in [9.17, 15) is 14.7 Å². The highest BCUT2D eigenvalue weighted by atomic mass is 16.3. The fourth-order valence-corrected chi connectivity index (χ4v) is 4.36. The van der Waals surface area contributed by atoms with Crippen LogP contribution in [-0.2, 0) is 0 Å². The van der Waals surface area contributed by atoms with Gasteiger partial charge in [-0.05, 0) is 44.6 Å². The molecule has 1 saturated carbocycles. The lowest BCUT2D eigenvalue weighted by Gasteiger charge is -2.32. The molecule has 9 heteroatoms. The minimum absolute atomic E-state index is 0.0248. The van der Waals surface area contributed by atoms with Crippen molar-refractivity contribution < 1.29 is 14.7 Å². The Balaban J connectivity index is 1.44. The molecule has 1 saturated heterocycles. The van der Waals surface area contributed by atoms with Crippen LogP contribution in [0.3, 0.4) is 0 Å². The maximum atomic E-state index is 13.0. The van der Waals surface area contributed by atoms with Gasteiger partial charge in [-0.15, -0.1) is 0 Å². The molecule has 0 spiro atoms. The molecule has 2 aliphatic rings. The number of aliphatic hydroxyl groups excluding tert-OH is 1. The number of rotatable bonds is 4. The maximum Gasteiger partial charge on any atom is 0.317 e. The standard InChI is InChI=1S/C22H30N6O3/c1-23-22(31)28-11-9-16(10-12-28)25-20(30)18-4-2-3-14-13-24-21(27-19(14)18)26-15-5-7-17(29)8-6-15/h2-4,13,15-17,29H,5-12H2,1H3,(H,23,31)(H,25,30)(H,24,26,27). The van der Waals surface area contributed by atoms with Crippen LogP contribution in [0.4, 0.5) is 10.7 Å². The van der Waals surface area contributed by atoms with Crippen molar-refractivity contribution in [2.24, 2.45) is 0 Å². The Morgan fingerprint density at radius 2 is 1.81 bits per heavy atom. The molecule has 1 aromatic heterocycles. The van der Waals surface area contributed by atoms with Gasteiger partial charge < -0.3 is 26.0 Å². The predicted molar refractivity (Wildman–Crippen MR) is 118 cm³/mol. The maximum absolute atomic E-state index is 13.0. The van der Waals surface area contributed by atoms with Gasteiger partial charge in [0.15, 0.2) is 0 Å². The lowest BCUT2D eigenvalue weighted by molar-refractivity contribution is 0.0919. The molecule has 0 unspecified atom stereocenters. The van der Waals surface area contributed by atoms with Crippen molar-refractivity contribution >= 4 is 28.8 Å². The predicted octanol–water partition coefficient (Wildman–Crippen LogP) is 1.88. The molecule has 4 rings (SSSR count). The number of aliphatic hydroxyl groups is 1. The van der Waals surface area contributed by atoms with Gasteiger partial charge in [0.2, 0.25) is 5.95 Å². The van der Waals surface area contributed by atoms with Crippen molar-refractivity contribution in [3.05, 3.63) is 30.0 Å². The van der Waals surface area contributed by atoms with Crippen LogP contribution >= 0.6 is 0 Å². The number of amides is 3. The normalized spacial score (nSPS) is 22.2. The summed E-state index contributed by atoms with van der Waals surface area (Å²) >= 11 is 0. The van der Waals surface area contributed by atoms with Gasteiger partial charge in [-0.1, -0.05) is 12.1 Å². The molecule has 2 fully saturated rings. The zero-order valence-electron chi connectivity index (χ0n) is 17.8. The number of fused-ring (bicyclic) bond motifs is 1. The van der Waals surface area contributed by atoms with E-state index in [2.05, 4.69) is 25.9 Å². The summed E-state index contributed by atoms with van der Waals surface area (Å²) < 4.78 is 0. The van der Waals surface area contributed by atoms with Crippen molar-refractivity contribution in [2.45, 2.75) is 56.7 Å². The average molecular weight is 427 g/mol. The molecule has 9 nitrogen and oxygen atoms in total. The van der Waals surface area contributed by atoms with E-state index in [1.54, 1.807) is 24.2 Å². The van der Waals surface area contributed by atoms with E-state index in [1.807, 2.05) is 12.1 Å². The van der Waals surface area contributed by atoms with E-state index in [-0.39, 0.29) is 30.1 Å². The molecule has 4 N–H and O–H groups in total. The van der Waals surface area contributed by atoms with Crippen LogP contribution in [0.1, 0.15) is 48.9 Å². The number of para-hydroxylation sites is 1.